The number of aliphatic imine (C=N–C) groups is 1. The second-order valence-corrected chi connectivity index (χ2v) is 8.35. The Morgan fingerprint density at radius 1 is 1.07 bits per heavy atom. The Morgan fingerprint density at radius 2 is 1.87 bits per heavy atom. The molecule has 0 radical (unpaired) electrons. The van der Waals surface area contributed by atoms with Crippen molar-refractivity contribution in [1.29, 1.82) is 0 Å². The first-order chi connectivity index (χ1) is 14.6. The average Bonchev–Trinajstić information content (AvgIpc) is 3.33. The quantitative estimate of drug-likeness (QED) is 0.452. The Morgan fingerprint density at radius 3 is 2.63 bits per heavy atom. The highest BCUT2D eigenvalue weighted by Gasteiger charge is 2.28. The van der Waals surface area contributed by atoms with Crippen LogP contribution in [0.1, 0.15) is 23.5 Å². The smallest absolute Gasteiger partial charge is 0.302 e. The van der Waals surface area contributed by atoms with Crippen LogP contribution in [0.5, 0.6) is 0 Å². The fraction of sp³-hybridized carbons (Fsp3) is 0.143. The molecule has 3 heterocycles. The van der Waals surface area contributed by atoms with Crippen LogP contribution >= 0.6 is 22.9 Å². The monoisotopic (exact) mass is 436 g/mol. The van der Waals surface area contributed by atoms with Gasteiger partial charge in [0.2, 0.25) is 11.1 Å². The van der Waals surface area contributed by atoms with Gasteiger partial charge in [0.15, 0.2) is 5.58 Å². The fourth-order valence-corrected chi connectivity index (χ4v) is 4.30. The van der Waals surface area contributed by atoms with Gasteiger partial charge < -0.3 is 4.42 Å². The fourth-order valence-electron chi connectivity index (χ4n) is 3.30. The van der Waals surface area contributed by atoms with Crippen LogP contribution in [0.4, 0.5) is 11.1 Å². The lowest BCUT2D eigenvalue weighted by Gasteiger charge is -2.29. The number of aromatic nitrogens is 3. The first kappa shape index (κ1) is 18.8. The molecule has 1 unspecified atom stereocenters. The van der Waals surface area contributed by atoms with Crippen molar-refractivity contribution in [1.82, 2.24) is 15.2 Å². The molecule has 9 heteroatoms. The summed E-state index contributed by atoms with van der Waals surface area (Å²) in [4.78, 5) is 11.3. The maximum atomic E-state index is 6.44. The summed E-state index contributed by atoms with van der Waals surface area (Å²) in [5.74, 6) is 0.544. The number of rotatable bonds is 3. The van der Waals surface area contributed by atoms with Crippen LogP contribution in [0, 0.1) is 6.92 Å². The molecule has 5 rings (SSSR count). The lowest BCUT2D eigenvalue weighted by atomic mass is 10.1. The molecule has 4 aromatic rings. The van der Waals surface area contributed by atoms with Crippen molar-refractivity contribution in [3.05, 3.63) is 75.9 Å². The number of benzene rings is 2. The molecule has 0 aliphatic carbocycles. The molecule has 1 N–H and O–H groups in total. The number of guanidine groups is 1. The van der Waals surface area contributed by atoms with Gasteiger partial charge in [-0.15, -0.1) is 10.2 Å². The maximum absolute atomic E-state index is 6.44. The lowest BCUT2D eigenvalue weighted by Crippen LogP contribution is -2.38. The normalized spacial score (nSPS) is 16.5. The largest absolute Gasteiger partial charge is 0.423 e. The van der Waals surface area contributed by atoms with Crippen molar-refractivity contribution < 1.29 is 4.42 Å². The number of hydrogen-bond acceptors (Lipinski definition) is 8. The Kier molecular flexibility index (Phi) is 4.72. The molecule has 1 atom stereocenters. The van der Waals surface area contributed by atoms with Crippen molar-refractivity contribution >= 4 is 51.1 Å². The van der Waals surface area contributed by atoms with Crippen molar-refractivity contribution in [3.8, 4) is 0 Å². The maximum Gasteiger partial charge on any atom is 0.302 e. The van der Waals surface area contributed by atoms with Crippen molar-refractivity contribution in [2.45, 2.75) is 19.9 Å². The predicted molar refractivity (Wildman–Crippen MR) is 120 cm³/mol. The predicted octanol–water partition coefficient (Wildman–Crippen LogP) is 5.57. The van der Waals surface area contributed by atoms with E-state index in [4.69, 9.17) is 21.0 Å². The second kappa shape index (κ2) is 7.55. The summed E-state index contributed by atoms with van der Waals surface area (Å²) in [5.41, 5.74) is 3.34. The minimum Gasteiger partial charge on any atom is -0.423 e. The van der Waals surface area contributed by atoms with Gasteiger partial charge in [0.1, 0.15) is 16.6 Å². The summed E-state index contributed by atoms with van der Waals surface area (Å²) < 4.78 is 5.85. The van der Waals surface area contributed by atoms with Crippen molar-refractivity contribution in [2.75, 3.05) is 10.2 Å². The van der Waals surface area contributed by atoms with Crippen LogP contribution in [0.2, 0.25) is 5.02 Å². The molecule has 2 aromatic heterocycles. The van der Waals surface area contributed by atoms with E-state index in [1.807, 2.05) is 67.3 Å². The third-order valence-corrected chi connectivity index (χ3v) is 5.84. The third-order valence-electron chi connectivity index (χ3n) is 4.67. The average molecular weight is 437 g/mol. The van der Waals surface area contributed by atoms with Crippen LogP contribution in [-0.2, 0) is 0 Å². The molecule has 0 bridgehead atoms. The molecule has 150 valence electrons. The van der Waals surface area contributed by atoms with E-state index in [1.165, 1.54) is 11.3 Å². The van der Waals surface area contributed by atoms with E-state index in [1.54, 1.807) is 0 Å². The SMILES string of the molecule is CC1=CC(c2ccccc2Cl)N=C(Nc2nc3ccccc3o2)N1c1nnc(C)s1. The highest BCUT2D eigenvalue weighted by molar-refractivity contribution is 7.15. The summed E-state index contributed by atoms with van der Waals surface area (Å²) in [6, 6.07) is 15.4. The Hall–Kier alpha value is -3.23. The number of anilines is 2. The zero-order valence-electron chi connectivity index (χ0n) is 16.2. The van der Waals surface area contributed by atoms with Crippen molar-refractivity contribution in [3.63, 3.8) is 0 Å². The first-order valence-electron chi connectivity index (χ1n) is 9.32. The topological polar surface area (TPSA) is 79.4 Å². The summed E-state index contributed by atoms with van der Waals surface area (Å²) in [7, 11) is 0. The summed E-state index contributed by atoms with van der Waals surface area (Å²) >= 11 is 7.92. The van der Waals surface area contributed by atoms with E-state index in [-0.39, 0.29) is 6.04 Å². The highest BCUT2D eigenvalue weighted by atomic mass is 35.5. The molecule has 2 aromatic carbocycles. The Bertz CT molecular complexity index is 1260. The standard InChI is InChI=1S/C21H17ClN6OS/c1-12-11-17(14-7-3-4-8-15(14)22)23-19(28(12)21-27-26-13(2)30-21)25-20-24-16-9-5-6-10-18(16)29-20/h3-11,17H,1-2H3,(H,23,24,25). The van der Waals surface area contributed by atoms with Crippen LogP contribution in [0.25, 0.3) is 11.1 Å². The molecule has 1 aliphatic heterocycles. The Labute approximate surface area is 181 Å². The molecule has 0 fully saturated rings. The third kappa shape index (κ3) is 3.44. The number of hydrogen-bond donors (Lipinski definition) is 1. The van der Waals surface area contributed by atoms with Gasteiger partial charge in [0, 0.05) is 10.7 Å². The van der Waals surface area contributed by atoms with Gasteiger partial charge in [0.25, 0.3) is 0 Å². The van der Waals surface area contributed by atoms with E-state index in [9.17, 15) is 0 Å². The van der Waals surface area contributed by atoms with Gasteiger partial charge in [-0.05, 0) is 43.7 Å². The molecule has 0 saturated carbocycles. The van der Waals surface area contributed by atoms with Gasteiger partial charge >= 0.3 is 6.01 Å². The Balaban J connectivity index is 1.58. The molecule has 0 amide bonds. The molecule has 7 nitrogen and oxygen atoms in total. The summed E-state index contributed by atoms with van der Waals surface area (Å²) in [6.45, 7) is 3.92. The van der Waals surface area contributed by atoms with E-state index in [0.717, 1.165) is 21.8 Å². The van der Waals surface area contributed by atoms with E-state index in [0.29, 0.717) is 27.7 Å². The van der Waals surface area contributed by atoms with Gasteiger partial charge in [-0.25, -0.2) is 4.99 Å². The summed E-state index contributed by atoms with van der Waals surface area (Å²) in [6.07, 6.45) is 2.05. The van der Waals surface area contributed by atoms with Crippen LogP contribution in [0.3, 0.4) is 0 Å². The summed E-state index contributed by atoms with van der Waals surface area (Å²) in [5, 5.41) is 13.9. The molecule has 0 saturated heterocycles. The molecule has 30 heavy (non-hydrogen) atoms. The molecular formula is C21H17ClN6OS. The zero-order chi connectivity index (χ0) is 20.7. The number of nitrogens with zero attached hydrogens (tertiary/aromatic N) is 5. The van der Waals surface area contributed by atoms with Gasteiger partial charge in [-0.1, -0.05) is 53.3 Å². The van der Waals surface area contributed by atoms with Crippen LogP contribution in [0.15, 0.2) is 69.7 Å². The number of para-hydroxylation sites is 2. The van der Waals surface area contributed by atoms with Crippen LogP contribution in [-0.4, -0.2) is 21.1 Å². The number of fused-ring (bicyclic) bond motifs is 1. The first-order valence-corrected chi connectivity index (χ1v) is 10.5. The molecule has 1 aliphatic rings. The minimum atomic E-state index is -0.254. The highest BCUT2D eigenvalue weighted by Crippen LogP contribution is 2.34. The van der Waals surface area contributed by atoms with E-state index >= 15 is 0 Å². The van der Waals surface area contributed by atoms with Crippen molar-refractivity contribution in [2.24, 2.45) is 4.99 Å². The number of oxazole rings is 1. The van der Waals surface area contributed by atoms with Gasteiger partial charge in [0.05, 0.1) is 0 Å². The lowest BCUT2D eigenvalue weighted by molar-refractivity contribution is 0.623. The number of halogens is 1. The second-order valence-electron chi connectivity index (χ2n) is 6.78. The van der Waals surface area contributed by atoms with Gasteiger partial charge in [-0.2, -0.15) is 4.98 Å². The molecular weight excluding hydrogens is 420 g/mol. The number of aryl methyl sites for hydroxylation is 1. The van der Waals surface area contributed by atoms with Gasteiger partial charge in [-0.3, -0.25) is 10.2 Å². The number of nitrogens with one attached hydrogen (secondary N) is 1. The van der Waals surface area contributed by atoms with E-state index < -0.39 is 0 Å². The van der Waals surface area contributed by atoms with Crippen LogP contribution < -0.4 is 10.2 Å². The minimum absolute atomic E-state index is 0.254. The number of allylic oxidation sites excluding steroid dienone is 1. The van der Waals surface area contributed by atoms with E-state index in [2.05, 4.69) is 26.6 Å². The molecule has 0 spiro atoms. The zero-order valence-corrected chi connectivity index (χ0v) is 17.8.